The number of nitrogens with two attached hydrogens (primary N) is 1. The van der Waals surface area contributed by atoms with Crippen LogP contribution in [0.5, 0.6) is 0 Å². The summed E-state index contributed by atoms with van der Waals surface area (Å²) in [7, 11) is -2.57. The van der Waals surface area contributed by atoms with Crippen molar-refractivity contribution in [1.29, 1.82) is 0 Å². The third kappa shape index (κ3) is 7.97. The van der Waals surface area contributed by atoms with Crippen LogP contribution < -0.4 is 21.7 Å². The van der Waals surface area contributed by atoms with Crippen LogP contribution in [-0.4, -0.2) is 61.2 Å². The molecule has 1 aliphatic heterocycles. The van der Waals surface area contributed by atoms with Crippen molar-refractivity contribution >= 4 is 44.6 Å². The van der Waals surface area contributed by atoms with Crippen LogP contribution in [0.1, 0.15) is 35.0 Å². The summed E-state index contributed by atoms with van der Waals surface area (Å²) in [5.74, 6) is -0.434. The molecule has 3 heterocycles. The molecule has 10 nitrogen and oxygen atoms in total. The Labute approximate surface area is 231 Å². The topological polar surface area (TPSA) is 170 Å². The quantitative estimate of drug-likeness (QED) is 0.182. The smallest absolute Gasteiger partial charge is 0.251 e. The molecule has 0 saturated carbocycles. The van der Waals surface area contributed by atoms with Crippen molar-refractivity contribution < 1.29 is 28.2 Å². The van der Waals surface area contributed by atoms with E-state index in [4.69, 9.17) is 5.73 Å². The molecule has 1 fully saturated rings. The molecule has 210 valence electrons. The van der Waals surface area contributed by atoms with Gasteiger partial charge in [0, 0.05) is 28.8 Å². The van der Waals surface area contributed by atoms with Crippen LogP contribution in [-0.2, 0) is 17.8 Å². The summed E-state index contributed by atoms with van der Waals surface area (Å²) in [5.41, 5.74) is 7.41. The number of aliphatic hydroxyl groups is 1. The molecule has 39 heavy (non-hydrogen) atoms. The van der Waals surface area contributed by atoms with Crippen LogP contribution in [0.3, 0.4) is 0 Å². The predicted molar refractivity (Wildman–Crippen MR) is 152 cm³/mol. The average Bonchev–Trinajstić information content (AvgIpc) is 3.41. The van der Waals surface area contributed by atoms with Gasteiger partial charge in [0.15, 0.2) is 0 Å². The maximum Gasteiger partial charge on any atom is 0.251 e. The highest BCUT2D eigenvalue weighted by atomic mass is 32.3. The number of carbonyl (C=O) groups is 2. The third-order valence-electron chi connectivity index (χ3n) is 6.09. The van der Waals surface area contributed by atoms with E-state index in [-0.39, 0.29) is 29.8 Å². The van der Waals surface area contributed by atoms with E-state index in [1.807, 2.05) is 0 Å². The predicted octanol–water partition coefficient (Wildman–Crippen LogP) is 3.44. The zero-order chi connectivity index (χ0) is 28.2. The number of primary amides is 1. The van der Waals surface area contributed by atoms with Crippen molar-refractivity contribution in [2.45, 2.75) is 38.5 Å². The van der Waals surface area contributed by atoms with Crippen molar-refractivity contribution in [2.75, 3.05) is 23.4 Å². The van der Waals surface area contributed by atoms with Crippen LogP contribution >= 0.6 is 21.9 Å². The lowest BCUT2D eigenvalue weighted by atomic mass is 10.0. The van der Waals surface area contributed by atoms with Crippen LogP contribution in [0, 0.1) is 5.82 Å². The van der Waals surface area contributed by atoms with Crippen LogP contribution in [0.25, 0.3) is 10.4 Å². The van der Waals surface area contributed by atoms with Crippen LogP contribution in [0.15, 0.2) is 42.5 Å². The fourth-order valence-corrected chi connectivity index (χ4v) is 7.13. The number of hydrogen-bond donors (Lipinski definition) is 7. The summed E-state index contributed by atoms with van der Waals surface area (Å²) in [6.45, 7) is 1.97. The van der Waals surface area contributed by atoms with Gasteiger partial charge in [-0.05, 0) is 49.6 Å². The summed E-state index contributed by atoms with van der Waals surface area (Å²) in [5, 5.41) is 18.9. The van der Waals surface area contributed by atoms with E-state index in [9.17, 15) is 28.2 Å². The Morgan fingerprint density at radius 1 is 1.26 bits per heavy atom. The highest BCUT2D eigenvalue weighted by molar-refractivity contribution is 8.24. The number of pyridine rings is 1. The molecule has 2 amide bonds. The van der Waals surface area contributed by atoms with Gasteiger partial charge in [0.05, 0.1) is 29.7 Å². The Morgan fingerprint density at radius 2 is 2.05 bits per heavy atom. The first kappa shape index (κ1) is 28.9. The maximum atomic E-state index is 14.9. The molecule has 1 saturated heterocycles. The van der Waals surface area contributed by atoms with Crippen molar-refractivity contribution in [3.05, 3.63) is 65.1 Å². The van der Waals surface area contributed by atoms with E-state index in [0.717, 1.165) is 0 Å². The third-order valence-corrected chi connectivity index (χ3v) is 9.00. The summed E-state index contributed by atoms with van der Waals surface area (Å²) in [4.78, 5) is 29.3. The largest absolute Gasteiger partial charge is 0.393 e. The number of rotatable bonds is 11. The average molecular weight is 578 g/mol. The summed E-state index contributed by atoms with van der Waals surface area (Å²) in [6, 6.07) is 11.3. The number of nitrogens with zero attached hydrogens (tertiary/aromatic N) is 1. The normalized spacial score (nSPS) is 17.9. The lowest BCUT2D eigenvalue weighted by Crippen LogP contribution is -2.40. The van der Waals surface area contributed by atoms with Gasteiger partial charge in [-0.2, -0.15) is 10.6 Å². The zero-order valence-electron chi connectivity index (χ0n) is 21.3. The number of benzene rings is 1. The molecule has 3 aromatic rings. The molecule has 2 atom stereocenters. The monoisotopic (exact) mass is 577 g/mol. The molecule has 1 aliphatic rings. The Morgan fingerprint density at radius 3 is 2.72 bits per heavy atom. The van der Waals surface area contributed by atoms with Crippen molar-refractivity contribution in [3.63, 3.8) is 0 Å². The molecule has 1 aromatic carbocycles. The number of thiophene rings is 1. The molecule has 4 rings (SSSR count). The van der Waals surface area contributed by atoms with Gasteiger partial charge in [0.2, 0.25) is 5.91 Å². The van der Waals surface area contributed by atoms with Crippen molar-refractivity contribution in [1.82, 2.24) is 15.6 Å². The fraction of sp³-hybridized carbons (Fsp3) is 0.346. The van der Waals surface area contributed by atoms with E-state index in [0.29, 0.717) is 57.7 Å². The Bertz CT molecular complexity index is 1350. The first-order valence-electron chi connectivity index (χ1n) is 12.4. The molecule has 0 radical (unpaired) electrons. The van der Waals surface area contributed by atoms with Gasteiger partial charge < -0.3 is 26.8 Å². The molecule has 8 N–H and O–H groups in total. The number of carbonyl (C=O) groups excluding carboxylic acids is 2. The number of amides is 2. The number of aliphatic hydroxyl groups excluding tert-OH is 1. The molecule has 0 aliphatic carbocycles. The van der Waals surface area contributed by atoms with E-state index < -0.39 is 28.4 Å². The molecular formula is C26H32FN5O5S2. The minimum absolute atomic E-state index is 0.0384. The highest BCUT2D eigenvalue weighted by Crippen LogP contribution is 2.45. The first-order chi connectivity index (χ1) is 18.5. The van der Waals surface area contributed by atoms with Gasteiger partial charge in [-0.3, -0.25) is 18.7 Å². The molecule has 2 unspecified atom stereocenters. The number of aromatic nitrogens is 1. The van der Waals surface area contributed by atoms with Gasteiger partial charge in [0.25, 0.3) is 5.91 Å². The second kappa shape index (κ2) is 12.4. The molecular weight excluding hydrogens is 545 g/mol. The Kier molecular flexibility index (Phi) is 9.20. The number of anilines is 2. The van der Waals surface area contributed by atoms with Gasteiger partial charge in [-0.25, -0.2) is 9.37 Å². The van der Waals surface area contributed by atoms with Gasteiger partial charge in [0.1, 0.15) is 16.6 Å². The highest BCUT2D eigenvalue weighted by Gasteiger charge is 2.29. The van der Waals surface area contributed by atoms with Crippen molar-refractivity contribution in [2.24, 2.45) is 5.73 Å². The van der Waals surface area contributed by atoms with Gasteiger partial charge in [-0.15, -0.1) is 11.3 Å². The van der Waals surface area contributed by atoms with Gasteiger partial charge >= 0.3 is 0 Å². The van der Waals surface area contributed by atoms with Gasteiger partial charge in [-0.1, -0.05) is 18.2 Å². The lowest BCUT2D eigenvalue weighted by molar-refractivity contribution is -0.120. The second-order valence-electron chi connectivity index (χ2n) is 9.55. The van der Waals surface area contributed by atoms with E-state index in [1.165, 1.54) is 23.5 Å². The minimum atomic E-state index is -2.57. The number of halogens is 1. The minimum Gasteiger partial charge on any atom is -0.393 e. The fourth-order valence-electron chi connectivity index (χ4n) is 4.31. The summed E-state index contributed by atoms with van der Waals surface area (Å²) in [6.07, 6.45) is 0.285. The van der Waals surface area contributed by atoms with Crippen LogP contribution in [0.4, 0.5) is 15.2 Å². The molecule has 0 bridgehead atoms. The van der Waals surface area contributed by atoms with E-state index in [1.54, 1.807) is 37.3 Å². The standard InChI is InChI=1S/C26H32FN5O5S2/c1-15(33)9-16-5-6-19(21(27)10-16)22-11-20(25(28)35)26(38-22)32-23-4-2-3-17(30-23)12-29-13-24(34)31-18-7-8-39(36,37)14-18/h2-6,10-11,15,18,29,33,36-37H,7-9,12-14H2,1H3,(H2,28,35)(H,30,32)(H,31,34). The first-order valence-corrected chi connectivity index (χ1v) is 15.1. The molecule has 2 aromatic heterocycles. The molecule has 13 heteroatoms. The van der Waals surface area contributed by atoms with E-state index >= 15 is 0 Å². The maximum absolute atomic E-state index is 14.9. The SMILES string of the molecule is CC(O)Cc1ccc(-c2cc(C(N)=O)c(Nc3cccc(CNCC(=O)NC4CCS(O)(O)C4)n3)s2)c(F)c1. The van der Waals surface area contributed by atoms with E-state index in [2.05, 4.69) is 20.9 Å². The second-order valence-corrected chi connectivity index (χ2v) is 13.0. The number of nitrogens with one attached hydrogen (secondary N) is 3. The summed E-state index contributed by atoms with van der Waals surface area (Å²) < 4.78 is 34.2. The lowest BCUT2D eigenvalue weighted by Gasteiger charge is -2.26. The molecule has 0 spiro atoms. The van der Waals surface area contributed by atoms with Crippen LogP contribution in [0.2, 0.25) is 0 Å². The Hall–Kier alpha value is -3.07. The number of hydrogen-bond acceptors (Lipinski definition) is 9. The Balaban J connectivity index is 1.40. The summed E-state index contributed by atoms with van der Waals surface area (Å²) >= 11 is 1.17. The van der Waals surface area contributed by atoms with Crippen molar-refractivity contribution in [3.8, 4) is 10.4 Å². The zero-order valence-corrected chi connectivity index (χ0v) is 22.9.